The van der Waals surface area contributed by atoms with E-state index < -0.39 is 0 Å². The zero-order chi connectivity index (χ0) is 14.9. The fourth-order valence-corrected chi connectivity index (χ4v) is 3.30. The number of hydrogen-bond donors (Lipinski definition) is 1. The number of likely N-dealkylation sites (N-methyl/N-ethyl adjacent to an activating group) is 1. The second-order valence-corrected chi connectivity index (χ2v) is 6.38. The molecule has 0 saturated carbocycles. The van der Waals surface area contributed by atoms with Crippen molar-refractivity contribution in [3.8, 4) is 0 Å². The number of nitrogens with one attached hydrogen (secondary N) is 1. The summed E-state index contributed by atoms with van der Waals surface area (Å²) in [7, 11) is 3.88. The highest BCUT2D eigenvalue weighted by molar-refractivity contribution is 9.10. The van der Waals surface area contributed by atoms with E-state index in [1.807, 2.05) is 37.8 Å². The maximum absolute atomic E-state index is 6.08. The Morgan fingerprint density at radius 3 is 2.35 bits per heavy atom. The monoisotopic (exact) mass is 375 g/mol. The number of rotatable bonds is 4. The highest BCUT2D eigenvalue weighted by Gasteiger charge is 2.17. The molecule has 1 N–H and O–H groups in total. The van der Waals surface area contributed by atoms with Crippen molar-refractivity contribution < 1.29 is 0 Å². The van der Waals surface area contributed by atoms with Crippen LogP contribution in [0, 0.1) is 6.92 Å². The van der Waals surface area contributed by atoms with Crippen LogP contribution in [-0.2, 0) is 13.5 Å². The Morgan fingerprint density at radius 1 is 1.30 bits per heavy atom. The van der Waals surface area contributed by atoms with Crippen LogP contribution < -0.4 is 5.32 Å². The minimum absolute atomic E-state index is 0.123. The summed E-state index contributed by atoms with van der Waals surface area (Å²) in [5.74, 6) is 0. The second-order valence-electron chi connectivity index (χ2n) is 4.72. The van der Waals surface area contributed by atoms with Crippen molar-refractivity contribution in [2.24, 2.45) is 7.05 Å². The number of halogens is 3. The lowest BCUT2D eigenvalue weighted by Gasteiger charge is -2.18. The smallest absolute Gasteiger partial charge is 0.0738 e. The number of nitrogens with zero attached hydrogens (tertiary/aromatic N) is 2. The molecule has 1 heterocycles. The van der Waals surface area contributed by atoms with Crippen molar-refractivity contribution in [3.05, 3.63) is 49.7 Å². The summed E-state index contributed by atoms with van der Waals surface area (Å²) in [6.45, 7) is 1.98. The van der Waals surface area contributed by atoms with Crippen LogP contribution in [0.1, 0.15) is 23.0 Å². The van der Waals surface area contributed by atoms with E-state index in [0.29, 0.717) is 10.0 Å². The van der Waals surface area contributed by atoms with Gasteiger partial charge in [0.05, 0.1) is 15.9 Å². The SMILES string of the molecule is CNC(Cc1c(Br)c(C)nn1C)c1cc(Cl)cc(Cl)c1. The molecule has 3 nitrogen and oxygen atoms in total. The van der Waals surface area contributed by atoms with E-state index in [0.717, 1.165) is 27.8 Å². The highest BCUT2D eigenvalue weighted by atomic mass is 79.9. The molecule has 1 atom stereocenters. The second kappa shape index (κ2) is 6.48. The maximum atomic E-state index is 6.08. The van der Waals surface area contributed by atoms with Gasteiger partial charge in [-0.05, 0) is 53.7 Å². The molecule has 0 aliphatic rings. The summed E-state index contributed by atoms with van der Waals surface area (Å²) in [4.78, 5) is 0. The molecule has 0 aliphatic carbocycles. The van der Waals surface area contributed by atoms with Gasteiger partial charge in [0.25, 0.3) is 0 Å². The molecule has 1 aromatic carbocycles. The standard InChI is InChI=1S/C14H16BrCl2N3/c1-8-14(15)13(20(3)19-8)7-12(18-2)9-4-10(16)6-11(17)5-9/h4-6,12,18H,7H2,1-3H3. The topological polar surface area (TPSA) is 29.9 Å². The zero-order valence-electron chi connectivity index (χ0n) is 11.5. The van der Waals surface area contributed by atoms with Gasteiger partial charge < -0.3 is 5.32 Å². The lowest BCUT2D eigenvalue weighted by atomic mass is 10.0. The van der Waals surface area contributed by atoms with Gasteiger partial charge >= 0.3 is 0 Å². The van der Waals surface area contributed by atoms with Crippen LogP contribution in [0.3, 0.4) is 0 Å². The van der Waals surface area contributed by atoms with Crippen molar-refractivity contribution in [1.82, 2.24) is 15.1 Å². The lowest BCUT2D eigenvalue weighted by Crippen LogP contribution is -2.20. The Hall–Kier alpha value is -0.550. The Kier molecular flexibility index (Phi) is 5.13. The molecule has 0 spiro atoms. The van der Waals surface area contributed by atoms with Crippen LogP contribution in [0.15, 0.2) is 22.7 Å². The molecule has 0 aliphatic heterocycles. The molecule has 1 aromatic heterocycles. The summed E-state index contributed by atoms with van der Waals surface area (Å²) >= 11 is 15.8. The van der Waals surface area contributed by atoms with E-state index in [1.54, 1.807) is 6.07 Å². The van der Waals surface area contributed by atoms with Crippen molar-refractivity contribution >= 4 is 39.1 Å². The Balaban J connectivity index is 2.33. The molecule has 108 valence electrons. The van der Waals surface area contributed by atoms with Crippen LogP contribution in [-0.4, -0.2) is 16.8 Å². The predicted octanol–water partition coefficient (Wildman–Crippen LogP) is 4.30. The Bertz CT molecular complexity index is 605. The van der Waals surface area contributed by atoms with Crippen LogP contribution in [0.25, 0.3) is 0 Å². The third-order valence-electron chi connectivity index (χ3n) is 3.29. The molecule has 0 bridgehead atoms. The van der Waals surface area contributed by atoms with Crippen LogP contribution in [0.2, 0.25) is 10.0 Å². The van der Waals surface area contributed by atoms with Crippen LogP contribution in [0.5, 0.6) is 0 Å². The molecule has 0 fully saturated rings. The molecule has 0 amide bonds. The number of aryl methyl sites for hydroxylation is 2. The summed E-state index contributed by atoms with van der Waals surface area (Å²) in [6, 6.07) is 5.73. The van der Waals surface area contributed by atoms with Gasteiger partial charge in [-0.2, -0.15) is 5.10 Å². The van der Waals surface area contributed by atoms with Crippen LogP contribution >= 0.6 is 39.1 Å². The van der Waals surface area contributed by atoms with Gasteiger partial charge in [-0.3, -0.25) is 4.68 Å². The highest BCUT2D eigenvalue weighted by Crippen LogP contribution is 2.28. The first kappa shape index (κ1) is 15.8. The number of aromatic nitrogens is 2. The quantitative estimate of drug-likeness (QED) is 0.861. The zero-order valence-corrected chi connectivity index (χ0v) is 14.6. The van der Waals surface area contributed by atoms with Crippen molar-refractivity contribution in [1.29, 1.82) is 0 Å². The van der Waals surface area contributed by atoms with Gasteiger partial charge in [0, 0.05) is 29.6 Å². The first-order valence-electron chi connectivity index (χ1n) is 6.23. The van der Waals surface area contributed by atoms with E-state index in [9.17, 15) is 0 Å². The third kappa shape index (κ3) is 3.37. The average molecular weight is 377 g/mol. The minimum atomic E-state index is 0.123. The normalized spacial score (nSPS) is 12.7. The average Bonchev–Trinajstić information content (AvgIpc) is 2.60. The van der Waals surface area contributed by atoms with Gasteiger partial charge in [-0.15, -0.1) is 0 Å². The molecule has 2 aromatic rings. The molecular formula is C14H16BrCl2N3. The molecular weight excluding hydrogens is 361 g/mol. The molecule has 2 rings (SSSR count). The van der Waals surface area contributed by atoms with Gasteiger partial charge in [-0.1, -0.05) is 23.2 Å². The van der Waals surface area contributed by atoms with E-state index in [-0.39, 0.29) is 6.04 Å². The van der Waals surface area contributed by atoms with Gasteiger partial charge in [-0.25, -0.2) is 0 Å². The summed E-state index contributed by atoms with van der Waals surface area (Å²) in [5, 5.41) is 9.01. The first-order chi connectivity index (χ1) is 9.42. The predicted molar refractivity (Wildman–Crippen MR) is 87.6 cm³/mol. The fraction of sp³-hybridized carbons (Fsp3) is 0.357. The number of hydrogen-bond acceptors (Lipinski definition) is 2. The molecule has 20 heavy (non-hydrogen) atoms. The summed E-state index contributed by atoms with van der Waals surface area (Å²) in [5.41, 5.74) is 3.19. The summed E-state index contributed by atoms with van der Waals surface area (Å²) < 4.78 is 2.95. The lowest BCUT2D eigenvalue weighted by molar-refractivity contribution is 0.560. The van der Waals surface area contributed by atoms with Gasteiger partial charge in [0.2, 0.25) is 0 Å². The van der Waals surface area contributed by atoms with E-state index >= 15 is 0 Å². The fourth-order valence-electron chi connectivity index (χ4n) is 2.26. The molecule has 6 heteroatoms. The Labute approximate surface area is 137 Å². The maximum Gasteiger partial charge on any atom is 0.0738 e. The first-order valence-corrected chi connectivity index (χ1v) is 7.78. The van der Waals surface area contributed by atoms with Crippen molar-refractivity contribution in [3.63, 3.8) is 0 Å². The third-order valence-corrected chi connectivity index (χ3v) is 4.76. The van der Waals surface area contributed by atoms with E-state index in [4.69, 9.17) is 23.2 Å². The molecule has 0 saturated heterocycles. The largest absolute Gasteiger partial charge is 0.313 e. The van der Waals surface area contributed by atoms with Crippen LogP contribution in [0.4, 0.5) is 0 Å². The van der Waals surface area contributed by atoms with Crippen molar-refractivity contribution in [2.75, 3.05) is 7.05 Å². The molecule has 1 unspecified atom stereocenters. The van der Waals surface area contributed by atoms with E-state index in [1.165, 1.54) is 0 Å². The minimum Gasteiger partial charge on any atom is -0.313 e. The molecule has 0 radical (unpaired) electrons. The van der Waals surface area contributed by atoms with Gasteiger partial charge in [0.15, 0.2) is 0 Å². The Morgan fingerprint density at radius 2 is 1.90 bits per heavy atom. The summed E-state index contributed by atoms with van der Waals surface area (Å²) in [6.07, 6.45) is 0.797. The van der Waals surface area contributed by atoms with Crippen molar-refractivity contribution in [2.45, 2.75) is 19.4 Å². The van der Waals surface area contributed by atoms with E-state index in [2.05, 4.69) is 26.3 Å². The van der Waals surface area contributed by atoms with Gasteiger partial charge in [0.1, 0.15) is 0 Å². The number of benzene rings is 1.